The molecule has 1 aromatic heterocycles. The minimum Gasteiger partial charge on any atom is -0.384 e. The summed E-state index contributed by atoms with van der Waals surface area (Å²) in [5, 5.41) is 0. The van der Waals surface area contributed by atoms with Gasteiger partial charge in [0.25, 0.3) is 0 Å². The van der Waals surface area contributed by atoms with E-state index in [1.807, 2.05) is 12.3 Å². The van der Waals surface area contributed by atoms with Crippen LogP contribution < -0.4 is 10.6 Å². The van der Waals surface area contributed by atoms with Crippen LogP contribution in [0.3, 0.4) is 0 Å². The van der Waals surface area contributed by atoms with Crippen LogP contribution in [0, 0.1) is 5.92 Å². The predicted molar refractivity (Wildman–Crippen MR) is 74.6 cm³/mol. The summed E-state index contributed by atoms with van der Waals surface area (Å²) in [4.78, 5) is 9.09. The molecule has 18 heavy (non-hydrogen) atoms. The predicted octanol–water partition coefficient (Wildman–Crippen LogP) is 1.58. The van der Waals surface area contributed by atoms with Gasteiger partial charge in [-0.15, -0.1) is 0 Å². The van der Waals surface area contributed by atoms with Gasteiger partial charge < -0.3 is 15.5 Å². The first-order chi connectivity index (χ1) is 8.74. The number of nitrogens with zero attached hydrogens (tertiary/aromatic N) is 3. The number of nitrogen functional groups attached to an aromatic ring is 1. The number of piperidine rings is 2. The summed E-state index contributed by atoms with van der Waals surface area (Å²) in [5.74, 6) is 1.43. The van der Waals surface area contributed by atoms with Crippen LogP contribution in [0.25, 0.3) is 0 Å². The van der Waals surface area contributed by atoms with E-state index < -0.39 is 0 Å². The third-order valence-electron chi connectivity index (χ3n) is 4.48. The van der Waals surface area contributed by atoms with Crippen molar-refractivity contribution in [2.75, 3.05) is 37.3 Å². The number of hydrogen-bond acceptors (Lipinski definition) is 4. The number of likely N-dealkylation sites (tertiary alicyclic amines) is 1. The van der Waals surface area contributed by atoms with Crippen LogP contribution in [-0.4, -0.2) is 42.6 Å². The average molecular weight is 246 g/mol. The first-order valence-corrected chi connectivity index (χ1v) is 6.91. The fraction of sp³-hybridized carbons (Fsp3) is 0.643. The zero-order valence-electron chi connectivity index (χ0n) is 11.0. The summed E-state index contributed by atoms with van der Waals surface area (Å²) in [6.45, 7) is 3.57. The minimum atomic E-state index is 0.621. The average Bonchev–Trinajstić information content (AvgIpc) is 2.39. The van der Waals surface area contributed by atoms with Crippen LogP contribution in [0.5, 0.6) is 0 Å². The zero-order valence-corrected chi connectivity index (χ0v) is 11.0. The maximum Gasteiger partial charge on any atom is 0.125 e. The van der Waals surface area contributed by atoms with Crippen molar-refractivity contribution in [3.05, 3.63) is 18.3 Å². The van der Waals surface area contributed by atoms with Crippen molar-refractivity contribution in [2.45, 2.75) is 25.3 Å². The lowest BCUT2D eigenvalue weighted by Crippen LogP contribution is -2.52. The molecule has 4 heteroatoms. The van der Waals surface area contributed by atoms with Crippen molar-refractivity contribution >= 4 is 11.5 Å². The highest BCUT2D eigenvalue weighted by Crippen LogP contribution is 2.31. The first-order valence-electron chi connectivity index (χ1n) is 6.91. The van der Waals surface area contributed by atoms with Crippen molar-refractivity contribution in [1.29, 1.82) is 0 Å². The maximum atomic E-state index is 5.77. The summed E-state index contributed by atoms with van der Waals surface area (Å²) in [6.07, 6.45) is 5.78. The van der Waals surface area contributed by atoms with Gasteiger partial charge in [-0.25, -0.2) is 4.98 Å². The molecule has 3 heterocycles. The van der Waals surface area contributed by atoms with Crippen LogP contribution >= 0.6 is 0 Å². The van der Waals surface area contributed by atoms with Crippen molar-refractivity contribution in [2.24, 2.45) is 5.92 Å². The largest absolute Gasteiger partial charge is 0.384 e. The topological polar surface area (TPSA) is 45.4 Å². The number of nitrogens with two attached hydrogens (primary N) is 1. The second-order valence-corrected chi connectivity index (χ2v) is 5.62. The molecule has 0 aliphatic carbocycles. The molecule has 0 spiro atoms. The Labute approximate surface area is 109 Å². The molecule has 2 atom stereocenters. The van der Waals surface area contributed by atoms with Gasteiger partial charge in [-0.05, 0) is 44.8 Å². The Morgan fingerprint density at radius 2 is 2.22 bits per heavy atom. The molecule has 0 bridgehead atoms. The third kappa shape index (κ3) is 2.17. The Morgan fingerprint density at radius 3 is 3.06 bits per heavy atom. The number of anilines is 2. The van der Waals surface area contributed by atoms with E-state index in [2.05, 4.69) is 27.9 Å². The smallest absolute Gasteiger partial charge is 0.125 e. The fourth-order valence-corrected chi connectivity index (χ4v) is 3.52. The highest BCUT2D eigenvalue weighted by atomic mass is 15.2. The number of pyridine rings is 1. The summed E-state index contributed by atoms with van der Waals surface area (Å²) in [7, 11) is 2.27. The molecule has 2 aliphatic rings. The molecule has 3 rings (SSSR count). The van der Waals surface area contributed by atoms with E-state index in [9.17, 15) is 0 Å². The van der Waals surface area contributed by atoms with Crippen molar-refractivity contribution in [1.82, 2.24) is 9.88 Å². The van der Waals surface area contributed by atoms with E-state index in [0.717, 1.165) is 18.5 Å². The van der Waals surface area contributed by atoms with Gasteiger partial charge in [0, 0.05) is 37.1 Å². The lowest BCUT2D eigenvalue weighted by atomic mass is 9.84. The van der Waals surface area contributed by atoms with E-state index in [4.69, 9.17) is 5.73 Å². The summed E-state index contributed by atoms with van der Waals surface area (Å²) in [6, 6.07) is 4.85. The molecule has 2 N–H and O–H groups in total. The van der Waals surface area contributed by atoms with Crippen molar-refractivity contribution < 1.29 is 0 Å². The van der Waals surface area contributed by atoms with Crippen molar-refractivity contribution in [3.63, 3.8) is 0 Å². The summed E-state index contributed by atoms with van der Waals surface area (Å²) >= 11 is 0. The number of rotatable bonds is 1. The van der Waals surface area contributed by atoms with Gasteiger partial charge in [0.2, 0.25) is 0 Å². The van der Waals surface area contributed by atoms with Crippen molar-refractivity contribution in [3.8, 4) is 0 Å². The van der Waals surface area contributed by atoms with Gasteiger partial charge in [-0.3, -0.25) is 0 Å². The number of aromatic nitrogens is 1. The van der Waals surface area contributed by atoms with Gasteiger partial charge in [-0.1, -0.05) is 0 Å². The van der Waals surface area contributed by atoms with E-state index in [0.29, 0.717) is 5.82 Å². The van der Waals surface area contributed by atoms with Crippen LogP contribution in [0.2, 0.25) is 0 Å². The SMILES string of the molecule is CN1CCCC2CN(c3ccnc(N)c3)CCC21. The normalized spacial score (nSPS) is 29.1. The molecule has 2 saturated heterocycles. The van der Waals surface area contributed by atoms with E-state index in [-0.39, 0.29) is 0 Å². The Balaban J connectivity index is 1.74. The molecule has 2 unspecified atom stereocenters. The highest BCUT2D eigenvalue weighted by Gasteiger charge is 2.34. The van der Waals surface area contributed by atoms with Crippen LogP contribution in [0.1, 0.15) is 19.3 Å². The molecule has 1 aromatic rings. The minimum absolute atomic E-state index is 0.621. The monoisotopic (exact) mass is 246 g/mol. The lowest BCUT2D eigenvalue weighted by Gasteiger charge is -2.46. The Morgan fingerprint density at radius 1 is 1.33 bits per heavy atom. The van der Waals surface area contributed by atoms with Gasteiger partial charge in [-0.2, -0.15) is 0 Å². The molecular weight excluding hydrogens is 224 g/mol. The van der Waals surface area contributed by atoms with Gasteiger partial charge in [0.15, 0.2) is 0 Å². The van der Waals surface area contributed by atoms with Crippen LogP contribution in [-0.2, 0) is 0 Å². The molecule has 0 saturated carbocycles. The Hall–Kier alpha value is -1.29. The Bertz CT molecular complexity index is 420. The first kappa shape index (κ1) is 11.8. The van der Waals surface area contributed by atoms with E-state index >= 15 is 0 Å². The van der Waals surface area contributed by atoms with Gasteiger partial charge in [0.05, 0.1) is 0 Å². The van der Waals surface area contributed by atoms with E-state index in [1.54, 1.807) is 0 Å². The van der Waals surface area contributed by atoms with E-state index in [1.165, 1.54) is 38.0 Å². The molecule has 98 valence electrons. The van der Waals surface area contributed by atoms with Crippen LogP contribution in [0.4, 0.5) is 11.5 Å². The molecule has 0 amide bonds. The molecule has 4 nitrogen and oxygen atoms in total. The zero-order chi connectivity index (χ0) is 12.5. The fourth-order valence-electron chi connectivity index (χ4n) is 3.52. The maximum absolute atomic E-state index is 5.77. The lowest BCUT2D eigenvalue weighted by molar-refractivity contribution is 0.102. The van der Waals surface area contributed by atoms with Gasteiger partial charge >= 0.3 is 0 Å². The van der Waals surface area contributed by atoms with Gasteiger partial charge in [0.1, 0.15) is 5.82 Å². The quantitative estimate of drug-likeness (QED) is 0.817. The second kappa shape index (κ2) is 4.76. The third-order valence-corrected chi connectivity index (χ3v) is 4.48. The Kier molecular flexibility index (Phi) is 3.12. The number of hydrogen-bond donors (Lipinski definition) is 1. The number of fused-ring (bicyclic) bond motifs is 1. The summed E-state index contributed by atoms with van der Waals surface area (Å²) < 4.78 is 0. The second-order valence-electron chi connectivity index (χ2n) is 5.62. The highest BCUT2D eigenvalue weighted by molar-refractivity contribution is 5.52. The molecule has 0 radical (unpaired) electrons. The summed E-state index contributed by atoms with van der Waals surface area (Å²) in [5.41, 5.74) is 7.00. The molecule has 0 aromatic carbocycles. The molecular formula is C14H22N4. The standard InChI is InChI=1S/C14H22N4/c1-17-7-2-3-11-10-18(8-5-13(11)17)12-4-6-16-14(15)9-12/h4,6,9,11,13H,2-3,5,7-8,10H2,1H3,(H2,15,16). The molecule has 2 fully saturated rings. The molecule has 2 aliphatic heterocycles. The van der Waals surface area contributed by atoms with Crippen LogP contribution in [0.15, 0.2) is 18.3 Å².